The third kappa shape index (κ3) is 5.72. The molecule has 7 heteroatoms. The average Bonchev–Trinajstić information content (AvgIpc) is 3.58. The first-order valence-electron chi connectivity index (χ1n) is 12.2. The van der Waals surface area contributed by atoms with Crippen molar-refractivity contribution in [1.29, 1.82) is 0 Å². The van der Waals surface area contributed by atoms with E-state index in [2.05, 4.69) is 51.1 Å². The minimum absolute atomic E-state index is 0.651. The number of ether oxygens (including phenoxy) is 2. The number of morpholine rings is 1. The number of rotatable bonds is 9. The van der Waals surface area contributed by atoms with Crippen LogP contribution in [0.15, 0.2) is 59.2 Å². The molecular weight excluding hydrogens is 428 g/mol. The van der Waals surface area contributed by atoms with E-state index < -0.39 is 0 Å². The van der Waals surface area contributed by atoms with Gasteiger partial charge >= 0.3 is 0 Å². The Kier molecular flexibility index (Phi) is 7.31. The number of anilines is 2. The van der Waals surface area contributed by atoms with Crippen LogP contribution >= 0.6 is 0 Å². The molecule has 2 saturated heterocycles. The number of methoxy groups -OCH3 is 1. The Morgan fingerprint density at radius 1 is 0.941 bits per heavy atom. The van der Waals surface area contributed by atoms with Gasteiger partial charge in [0.05, 0.1) is 26.0 Å². The van der Waals surface area contributed by atoms with E-state index in [0.717, 1.165) is 69.5 Å². The molecule has 1 aromatic heterocycles. The highest BCUT2D eigenvalue weighted by molar-refractivity contribution is 5.50. The van der Waals surface area contributed by atoms with Crippen molar-refractivity contribution in [3.8, 4) is 5.75 Å². The molecule has 0 aliphatic carbocycles. The fourth-order valence-corrected chi connectivity index (χ4v) is 4.73. The van der Waals surface area contributed by atoms with Gasteiger partial charge < -0.3 is 23.7 Å². The molecule has 0 amide bonds. The van der Waals surface area contributed by atoms with E-state index in [1.807, 2.05) is 12.1 Å². The Balaban J connectivity index is 1.36. The fraction of sp³-hybridized carbons (Fsp3) is 0.444. The van der Waals surface area contributed by atoms with E-state index in [9.17, 15) is 0 Å². The van der Waals surface area contributed by atoms with Gasteiger partial charge in [0, 0.05) is 51.5 Å². The molecule has 0 saturated carbocycles. The Labute approximate surface area is 201 Å². The molecule has 2 aliphatic heterocycles. The molecule has 34 heavy (non-hydrogen) atoms. The second-order valence-corrected chi connectivity index (χ2v) is 9.08. The smallest absolute Gasteiger partial charge is 0.298 e. The predicted molar refractivity (Wildman–Crippen MR) is 133 cm³/mol. The summed E-state index contributed by atoms with van der Waals surface area (Å²) in [4.78, 5) is 11.9. The van der Waals surface area contributed by atoms with Gasteiger partial charge in [-0.05, 0) is 48.2 Å². The molecule has 0 radical (unpaired) electrons. The summed E-state index contributed by atoms with van der Waals surface area (Å²) >= 11 is 0. The number of aromatic nitrogens is 1. The van der Waals surface area contributed by atoms with Crippen molar-refractivity contribution in [1.82, 2.24) is 9.88 Å². The van der Waals surface area contributed by atoms with Gasteiger partial charge in [0.15, 0.2) is 0 Å². The third-order valence-corrected chi connectivity index (χ3v) is 6.56. The lowest BCUT2D eigenvalue weighted by atomic mass is 10.1. The number of oxazole rings is 1. The van der Waals surface area contributed by atoms with Crippen molar-refractivity contribution in [2.24, 2.45) is 0 Å². The van der Waals surface area contributed by atoms with Crippen LogP contribution in [0.2, 0.25) is 0 Å². The first kappa shape index (κ1) is 22.7. The topological polar surface area (TPSA) is 54.2 Å². The molecule has 0 unspecified atom stereocenters. The molecule has 0 atom stereocenters. The van der Waals surface area contributed by atoms with Crippen molar-refractivity contribution in [2.75, 3.05) is 56.3 Å². The highest BCUT2D eigenvalue weighted by Gasteiger charge is 2.19. The Bertz CT molecular complexity index is 1060. The highest BCUT2D eigenvalue weighted by atomic mass is 16.5. The lowest BCUT2D eigenvalue weighted by Gasteiger charge is -2.25. The minimum Gasteiger partial charge on any atom is -0.497 e. The van der Waals surface area contributed by atoms with Gasteiger partial charge in [-0.3, -0.25) is 4.90 Å². The molecule has 0 spiro atoms. The fourth-order valence-electron chi connectivity index (χ4n) is 4.73. The maximum absolute atomic E-state index is 6.01. The van der Waals surface area contributed by atoms with Crippen LogP contribution in [0.4, 0.5) is 11.7 Å². The predicted octanol–water partition coefficient (Wildman–Crippen LogP) is 4.32. The summed E-state index contributed by atoms with van der Waals surface area (Å²) in [7, 11) is 1.70. The Hall–Kier alpha value is -3.03. The standard InChI is InChI=1S/C27H34N4O3/c1-32-26-9-5-7-23(17-26)19-31(18-22-6-4-8-25(16-22)30-10-2-3-11-30)27-28-24(21-34-27)20-29-12-14-33-15-13-29/h4-9,16-17,21H,2-3,10-15,18-20H2,1H3. The Morgan fingerprint density at radius 3 is 2.44 bits per heavy atom. The van der Waals surface area contributed by atoms with Gasteiger partial charge in [0.25, 0.3) is 6.01 Å². The summed E-state index contributed by atoms with van der Waals surface area (Å²) in [5.74, 6) is 0.855. The average molecular weight is 463 g/mol. The minimum atomic E-state index is 0.651. The summed E-state index contributed by atoms with van der Waals surface area (Å²) in [5.41, 5.74) is 4.67. The first-order chi connectivity index (χ1) is 16.8. The number of hydrogen-bond donors (Lipinski definition) is 0. The summed E-state index contributed by atoms with van der Waals surface area (Å²) in [6.45, 7) is 7.88. The van der Waals surface area contributed by atoms with E-state index in [1.54, 1.807) is 13.4 Å². The first-order valence-corrected chi connectivity index (χ1v) is 12.2. The zero-order valence-corrected chi connectivity index (χ0v) is 20.0. The lowest BCUT2D eigenvalue weighted by Crippen LogP contribution is -2.35. The zero-order valence-electron chi connectivity index (χ0n) is 20.0. The van der Waals surface area contributed by atoms with Crippen LogP contribution in [0.3, 0.4) is 0 Å². The van der Waals surface area contributed by atoms with Gasteiger partial charge in [-0.15, -0.1) is 0 Å². The van der Waals surface area contributed by atoms with Gasteiger partial charge in [-0.2, -0.15) is 4.98 Å². The van der Waals surface area contributed by atoms with Crippen LogP contribution in [-0.4, -0.2) is 56.4 Å². The lowest BCUT2D eigenvalue weighted by molar-refractivity contribution is 0.0336. The highest BCUT2D eigenvalue weighted by Crippen LogP contribution is 2.25. The molecule has 2 fully saturated rings. The molecular formula is C27H34N4O3. The van der Waals surface area contributed by atoms with Crippen molar-refractivity contribution >= 4 is 11.7 Å². The third-order valence-electron chi connectivity index (χ3n) is 6.56. The molecule has 5 rings (SSSR count). The number of hydrogen-bond acceptors (Lipinski definition) is 7. The van der Waals surface area contributed by atoms with Crippen LogP contribution in [0, 0.1) is 0 Å². The number of benzene rings is 2. The quantitative estimate of drug-likeness (QED) is 0.469. The van der Waals surface area contributed by atoms with E-state index >= 15 is 0 Å². The van der Waals surface area contributed by atoms with Crippen molar-refractivity contribution in [3.05, 3.63) is 71.6 Å². The van der Waals surface area contributed by atoms with E-state index in [1.165, 1.54) is 24.1 Å². The molecule has 2 aromatic carbocycles. The summed E-state index contributed by atoms with van der Waals surface area (Å²) in [6, 6.07) is 17.7. The zero-order chi connectivity index (χ0) is 23.2. The molecule has 7 nitrogen and oxygen atoms in total. The summed E-state index contributed by atoms with van der Waals surface area (Å²) in [5, 5.41) is 0. The van der Waals surface area contributed by atoms with Crippen LogP contribution in [0.1, 0.15) is 29.7 Å². The van der Waals surface area contributed by atoms with Crippen molar-refractivity contribution in [2.45, 2.75) is 32.5 Å². The molecule has 0 bridgehead atoms. The van der Waals surface area contributed by atoms with Gasteiger partial charge in [0.1, 0.15) is 12.0 Å². The maximum Gasteiger partial charge on any atom is 0.298 e. The van der Waals surface area contributed by atoms with Gasteiger partial charge in [-0.25, -0.2) is 0 Å². The molecule has 0 N–H and O–H groups in total. The largest absolute Gasteiger partial charge is 0.497 e. The normalized spacial score (nSPS) is 16.7. The second kappa shape index (κ2) is 10.9. The second-order valence-electron chi connectivity index (χ2n) is 9.08. The SMILES string of the molecule is COc1cccc(CN(Cc2cccc(N3CCCC3)c2)c2nc(CN3CCOCC3)co2)c1. The van der Waals surface area contributed by atoms with Crippen molar-refractivity contribution < 1.29 is 13.9 Å². The van der Waals surface area contributed by atoms with E-state index in [0.29, 0.717) is 12.6 Å². The van der Waals surface area contributed by atoms with E-state index in [-0.39, 0.29) is 0 Å². The van der Waals surface area contributed by atoms with Gasteiger partial charge in [-0.1, -0.05) is 24.3 Å². The summed E-state index contributed by atoms with van der Waals surface area (Å²) < 4.78 is 16.9. The molecule has 3 heterocycles. The van der Waals surface area contributed by atoms with Crippen LogP contribution < -0.4 is 14.5 Å². The Morgan fingerprint density at radius 2 is 1.68 bits per heavy atom. The van der Waals surface area contributed by atoms with Gasteiger partial charge in [0.2, 0.25) is 0 Å². The van der Waals surface area contributed by atoms with E-state index in [4.69, 9.17) is 18.9 Å². The molecule has 3 aromatic rings. The maximum atomic E-state index is 6.01. The van der Waals surface area contributed by atoms with Crippen molar-refractivity contribution in [3.63, 3.8) is 0 Å². The summed E-state index contributed by atoms with van der Waals surface area (Å²) in [6.07, 6.45) is 4.34. The van der Waals surface area contributed by atoms with Crippen LogP contribution in [0.5, 0.6) is 5.75 Å². The monoisotopic (exact) mass is 462 g/mol. The molecule has 180 valence electrons. The number of nitrogens with zero attached hydrogens (tertiary/aromatic N) is 4. The van der Waals surface area contributed by atoms with Crippen LogP contribution in [0.25, 0.3) is 0 Å². The molecule has 2 aliphatic rings. The van der Waals surface area contributed by atoms with Crippen LogP contribution in [-0.2, 0) is 24.4 Å².